The van der Waals surface area contributed by atoms with Crippen molar-refractivity contribution in [2.24, 2.45) is 0 Å². The quantitative estimate of drug-likeness (QED) is 0.179. The summed E-state index contributed by atoms with van der Waals surface area (Å²) < 4.78 is 36.6. The topological polar surface area (TPSA) is 132 Å². The summed E-state index contributed by atoms with van der Waals surface area (Å²) in [5, 5.41) is 1.18. The number of hydrogen-bond acceptors (Lipinski definition) is 8. The summed E-state index contributed by atoms with van der Waals surface area (Å²) in [5.74, 6) is -1.41. The van der Waals surface area contributed by atoms with Gasteiger partial charge in [-0.15, -0.1) is 0 Å². The average molecular weight is 588 g/mol. The Labute approximate surface area is 243 Å². The lowest BCUT2D eigenvalue weighted by Gasteiger charge is -2.38. The van der Waals surface area contributed by atoms with Crippen LogP contribution in [-0.2, 0) is 28.9 Å². The molecule has 1 aromatic heterocycles. The molecule has 2 aromatic carbocycles. The monoisotopic (exact) mass is 587 g/mol. The van der Waals surface area contributed by atoms with E-state index in [2.05, 4.69) is 16.9 Å². The van der Waals surface area contributed by atoms with Crippen LogP contribution in [-0.4, -0.2) is 59.0 Å². The predicted molar refractivity (Wildman–Crippen MR) is 156 cm³/mol. The standard InChI is InChI=1S/C31H29N3O7S/c1-4-17-40-30(37)33-23-16-15-22(32-19-23)18-24-27(35)34-26(31(2,3)42(38,39)28(24)34)29(36)41-25(20-11-7-5-8-12-20)21-13-9-6-10-14-21/h4-16,18-19,25-26,28H,1,17H2,2-3H3,(H,33,37)/t26-,28+/m0/s1. The summed E-state index contributed by atoms with van der Waals surface area (Å²) in [6.45, 7) is 6.38. The van der Waals surface area contributed by atoms with Crippen molar-refractivity contribution in [2.45, 2.75) is 36.1 Å². The summed E-state index contributed by atoms with van der Waals surface area (Å²) in [5.41, 5.74) is 2.06. The molecule has 2 amide bonds. The van der Waals surface area contributed by atoms with Crippen molar-refractivity contribution in [3.8, 4) is 0 Å². The van der Waals surface area contributed by atoms with E-state index in [4.69, 9.17) is 9.47 Å². The minimum atomic E-state index is -4.03. The third kappa shape index (κ3) is 5.07. The molecule has 0 radical (unpaired) electrons. The molecule has 0 saturated carbocycles. The molecule has 3 aromatic rings. The van der Waals surface area contributed by atoms with E-state index in [-0.39, 0.29) is 12.2 Å². The van der Waals surface area contributed by atoms with Crippen molar-refractivity contribution in [1.29, 1.82) is 0 Å². The van der Waals surface area contributed by atoms with Crippen LogP contribution in [0.3, 0.4) is 0 Å². The van der Waals surface area contributed by atoms with Crippen LogP contribution in [0.25, 0.3) is 6.08 Å². The van der Waals surface area contributed by atoms with Crippen LogP contribution in [0.5, 0.6) is 0 Å². The minimum Gasteiger partial charge on any atom is -0.451 e. The van der Waals surface area contributed by atoms with E-state index in [1.54, 1.807) is 0 Å². The zero-order chi connectivity index (χ0) is 30.1. The number of aromatic nitrogens is 1. The number of rotatable bonds is 8. The molecular weight excluding hydrogens is 558 g/mol. The number of carbonyl (C=O) groups is 3. The molecule has 1 N–H and O–H groups in total. The Kier molecular flexibility index (Phi) is 7.70. The molecule has 2 aliphatic rings. The molecule has 10 nitrogen and oxygen atoms in total. The van der Waals surface area contributed by atoms with Gasteiger partial charge in [0.25, 0.3) is 5.91 Å². The molecule has 42 heavy (non-hydrogen) atoms. The number of ether oxygens (including phenoxy) is 2. The van der Waals surface area contributed by atoms with E-state index in [0.717, 1.165) is 4.90 Å². The number of β-lactam (4-membered cyclic amide) rings is 1. The summed E-state index contributed by atoms with van der Waals surface area (Å²) >= 11 is 0. The molecule has 2 aliphatic heterocycles. The molecule has 2 fully saturated rings. The first-order valence-corrected chi connectivity index (χ1v) is 14.7. The Morgan fingerprint density at radius 1 is 1.05 bits per heavy atom. The minimum absolute atomic E-state index is 0.000328. The third-order valence-electron chi connectivity index (χ3n) is 7.29. The second-order valence-electron chi connectivity index (χ2n) is 10.3. The Morgan fingerprint density at radius 2 is 1.67 bits per heavy atom. The first-order valence-electron chi connectivity index (χ1n) is 13.1. The summed E-state index contributed by atoms with van der Waals surface area (Å²) in [6, 6.07) is 19.9. The van der Waals surface area contributed by atoms with Gasteiger partial charge in [0.05, 0.1) is 23.2 Å². The SMILES string of the molecule is C=CCOC(=O)Nc1ccc(C=C2C(=O)N3[C@@H](C(=O)OC(c4ccccc4)c4ccccc4)C(C)(C)S(=O)(=O)[C@H]23)nc1. The Bertz CT molecular complexity index is 1610. The van der Waals surface area contributed by atoms with Gasteiger partial charge in [-0.05, 0) is 43.2 Å². The highest BCUT2D eigenvalue weighted by Gasteiger charge is 2.70. The summed E-state index contributed by atoms with van der Waals surface area (Å²) in [6.07, 6.45) is 2.67. The Balaban J connectivity index is 1.40. The maximum Gasteiger partial charge on any atom is 0.411 e. The van der Waals surface area contributed by atoms with E-state index in [1.807, 2.05) is 60.7 Å². The van der Waals surface area contributed by atoms with E-state index < -0.39 is 50.1 Å². The Morgan fingerprint density at radius 3 is 2.21 bits per heavy atom. The number of pyridine rings is 1. The molecule has 2 saturated heterocycles. The van der Waals surface area contributed by atoms with Gasteiger partial charge in [0, 0.05) is 0 Å². The van der Waals surface area contributed by atoms with Gasteiger partial charge >= 0.3 is 12.1 Å². The van der Waals surface area contributed by atoms with Gasteiger partial charge in [-0.1, -0.05) is 73.3 Å². The molecule has 3 heterocycles. The number of carbonyl (C=O) groups excluding carboxylic acids is 3. The molecule has 5 rings (SSSR count). The first-order chi connectivity index (χ1) is 20.1. The van der Waals surface area contributed by atoms with Crippen LogP contribution >= 0.6 is 0 Å². The van der Waals surface area contributed by atoms with Crippen molar-refractivity contribution >= 4 is 39.6 Å². The predicted octanol–water partition coefficient (Wildman–Crippen LogP) is 4.28. The van der Waals surface area contributed by atoms with Crippen molar-refractivity contribution in [3.05, 3.63) is 114 Å². The van der Waals surface area contributed by atoms with Crippen LogP contribution in [0, 0.1) is 0 Å². The van der Waals surface area contributed by atoms with E-state index in [0.29, 0.717) is 22.5 Å². The normalized spacial score (nSPS) is 20.9. The summed E-state index contributed by atoms with van der Waals surface area (Å²) in [4.78, 5) is 44.1. The fourth-order valence-electron chi connectivity index (χ4n) is 5.10. The average Bonchev–Trinajstić information content (AvgIpc) is 3.13. The number of anilines is 1. The number of fused-ring (bicyclic) bond motifs is 1. The smallest absolute Gasteiger partial charge is 0.411 e. The highest BCUT2D eigenvalue weighted by molar-refractivity contribution is 7.94. The third-order valence-corrected chi connectivity index (χ3v) is 10.1. The molecule has 216 valence electrons. The fraction of sp³-hybridized carbons (Fsp3) is 0.226. The molecule has 0 bridgehead atoms. The highest BCUT2D eigenvalue weighted by atomic mass is 32.2. The number of nitrogens with one attached hydrogen (secondary N) is 1. The van der Waals surface area contributed by atoms with E-state index in [9.17, 15) is 22.8 Å². The number of nitrogens with zero attached hydrogens (tertiary/aromatic N) is 2. The number of benzene rings is 2. The number of hydrogen-bond donors (Lipinski definition) is 1. The number of amides is 2. The van der Waals surface area contributed by atoms with Gasteiger partial charge in [-0.3, -0.25) is 15.1 Å². The molecule has 0 unspecified atom stereocenters. The summed E-state index contributed by atoms with van der Waals surface area (Å²) in [7, 11) is -4.03. The van der Waals surface area contributed by atoms with Gasteiger partial charge in [0.15, 0.2) is 27.4 Å². The molecule has 0 spiro atoms. The fourth-order valence-corrected chi connectivity index (χ4v) is 7.22. The Hall–Kier alpha value is -4.77. The second-order valence-corrected chi connectivity index (χ2v) is 12.9. The van der Waals surface area contributed by atoms with Crippen molar-refractivity contribution < 1.29 is 32.3 Å². The first kappa shape index (κ1) is 28.7. The van der Waals surface area contributed by atoms with E-state index in [1.165, 1.54) is 44.3 Å². The van der Waals surface area contributed by atoms with Crippen molar-refractivity contribution in [2.75, 3.05) is 11.9 Å². The molecule has 0 aliphatic carbocycles. The van der Waals surface area contributed by atoms with Crippen LogP contribution in [0.2, 0.25) is 0 Å². The molecule has 2 atom stereocenters. The van der Waals surface area contributed by atoms with E-state index >= 15 is 0 Å². The van der Waals surface area contributed by atoms with Crippen LogP contribution in [0.4, 0.5) is 10.5 Å². The largest absolute Gasteiger partial charge is 0.451 e. The van der Waals surface area contributed by atoms with Crippen molar-refractivity contribution in [1.82, 2.24) is 9.88 Å². The van der Waals surface area contributed by atoms with Gasteiger partial charge in [0.1, 0.15) is 11.4 Å². The van der Waals surface area contributed by atoms with Gasteiger partial charge < -0.3 is 14.4 Å². The lowest BCUT2D eigenvalue weighted by molar-refractivity contribution is -0.160. The van der Waals surface area contributed by atoms with Gasteiger partial charge in [-0.2, -0.15) is 0 Å². The van der Waals surface area contributed by atoms with Gasteiger partial charge in [-0.25, -0.2) is 18.0 Å². The van der Waals surface area contributed by atoms with Crippen LogP contribution in [0.1, 0.15) is 36.8 Å². The van der Waals surface area contributed by atoms with Crippen molar-refractivity contribution in [3.63, 3.8) is 0 Å². The lowest BCUT2D eigenvalue weighted by Crippen LogP contribution is -2.59. The lowest BCUT2D eigenvalue weighted by atomic mass is 9.94. The highest BCUT2D eigenvalue weighted by Crippen LogP contribution is 2.49. The zero-order valence-electron chi connectivity index (χ0n) is 23.0. The van der Waals surface area contributed by atoms with Crippen LogP contribution < -0.4 is 5.32 Å². The maximum absolute atomic E-state index is 13.7. The number of sulfone groups is 1. The number of esters is 1. The second kappa shape index (κ2) is 11.2. The molecular formula is C31H29N3O7S. The van der Waals surface area contributed by atoms with Crippen LogP contribution in [0.15, 0.2) is 97.2 Å². The van der Waals surface area contributed by atoms with Gasteiger partial charge in [0.2, 0.25) is 0 Å². The zero-order valence-corrected chi connectivity index (χ0v) is 23.8. The molecule has 11 heteroatoms. The maximum atomic E-state index is 13.7.